The second-order valence-corrected chi connectivity index (χ2v) is 5.53. The monoisotopic (exact) mass is 274 g/mol. The summed E-state index contributed by atoms with van der Waals surface area (Å²) in [5.74, 6) is 1.12. The van der Waals surface area contributed by atoms with Crippen molar-refractivity contribution in [3.05, 3.63) is 34.9 Å². The van der Waals surface area contributed by atoms with Crippen LogP contribution in [0, 0.1) is 5.92 Å². The van der Waals surface area contributed by atoms with Crippen LogP contribution in [0.1, 0.15) is 32.3 Å². The molecule has 0 fully saturated rings. The predicted octanol–water partition coefficient (Wildman–Crippen LogP) is 4.86. The standard InChI is InChI=1S/C12H16BrCl/c1-8(2)12(13)9(3)10-5-4-6-11(14)7-10/h4-9,12H,1-3H3. The minimum absolute atomic E-state index is 0.494. The first-order valence-electron chi connectivity index (χ1n) is 4.92. The lowest BCUT2D eigenvalue weighted by Crippen LogP contribution is -2.15. The Morgan fingerprint density at radius 2 is 1.86 bits per heavy atom. The molecule has 0 saturated carbocycles. The van der Waals surface area contributed by atoms with Crippen LogP contribution < -0.4 is 0 Å². The molecule has 0 aromatic heterocycles. The van der Waals surface area contributed by atoms with Crippen molar-refractivity contribution in [3.63, 3.8) is 0 Å². The molecule has 0 bridgehead atoms. The van der Waals surface area contributed by atoms with Gasteiger partial charge >= 0.3 is 0 Å². The molecule has 0 heterocycles. The van der Waals surface area contributed by atoms with Crippen molar-refractivity contribution < 1.29 is 0 Å². The molecule has 2 unspecified atom stereocenters. The number of hydrogen-bond acceptors (Lipinski definition) is 0. The van der Waals surface area contributed by atoms with E-state index in [2.05, 4.69) is 42.8 Å². The summed E-state index contributed by atoms with van der Waals surface area (Å²) in [6, 6.07) is 8.10. The predicted molar refractivity (Wildman–Crippen MR) is 67.4 cm³/mol. The lowest BCUT2D eigenvalue weighted by atomic mass is 9.92. The first kappa shape index (κ1) is 12.1. The summed E-state index contributed by atoms with van der Waals surface area (Å²) in [6.07, 6.45) is 0. The van der Waals surface area contributed by atoms with Gasteiger partial charge in [0.2, 0.25) is 0 Å². The van der Waals surface area contributed by atoms with E-state index in [1.165, 1.54) is 5.56 Å². The maximum atomic E-state index is 5.96. The minimum atomic E-state index is 0.494. The number of benzene rings is 1. The molecule has 14 heavy (non-hydrogen) atoms. The van der Waals surface area contributed by atoms with Gasteiger partial charge in [-0.2, -0.15) is 0 Å². The van der Waals surface area contributed by atoms with Gasteiger partial charge in [0, 0.05) is 9.85 Å². The van der Waals surface area contributed by atoms with Crippen LogP contribution in [0.4, 0.5) is 0 Å². The maximum absolute atomic E-state index is 5.96. The van der Waals surface area contributed by atoms with Gasteiger partial charge in [-0.15, -0.1) is 0 Å². The van der Waals surface area contributed by atoms with Crippen LogP contribution in [0.25, 0.3) is 0 Å². The Labute approximate surface area is 99.8 Å². The number of halogens is 2. The van der Waals surface area contributed by atoms with Gasteiger partial charge in [0.15, 0.2) is 0 Å². The molecule has 1 aromatic carbocycles. The maximum Gasteiger partial charge on any atom is 0.0408 e. The summed E-state index contributed by atoms with van der Waals surface area (Å²) in [7, 11) is 0. The van der Waals surface area contributed by atoms with E-state index < -0.39 is 0 Å². The van der Waals surface area contributed by atoms with Gasteiger partial charge in [-0.05, 0) is 29.5 Å². The molecule has 0 saturated heterocycles. The summed E-state index contributed by atoms with van der Waals surface area (Å²) in [5.41, 5.74) is 1.30. The van der Waals surface area contributed by atoms with Crippen molar-refractivity contribution >= 4 is 27.5 Å². The highest BCUT2D eigenvalue weighted by atomic mass is 79.9. The van der Waals surface area contributed by atoms with E-state index in [-0.39, 0.29) is 0 Å². The topological polar surface area (TPSA) is 0 Å². The molecular weight excluding hydrogens is 259 g/mol. The van der Waals surface area contributed by atoms with Crippen LogP contribution in [0.15, 0.2) is 24.3 Å². The van der Waals surface area contributed by atoms with E-state index in [1.807, 2.05) is 18.2 Å². The highest BCUT2D eigenvalue weighted by Gasteiger charge is 2.19. The SMILES string of the molecule is CC(C)C(Br)C(C)c1cccc(Cl)c1. The summed E-state index contributed by atoms with van der Waals surface area (Å²) in [4.78, 5) is 0.501. The molecule has 0 amide bonds. The summed E-state index contributed by atoms with van der Waals surface area (Å²) < 4.78 is 0. The van der Waals surface area contributed by atoms with Gasteiger partial charge in [0.05, 0.1) is 0 Å². The third-order valence-electron chi connectivity index (χ3n) is 2.49. The largest absolute Gasteiger partial charge is 0.0881 e. The quantitative estimate of drug-likeness (QED) is 0.691. The van der Waals surface area contributed by atoms with E-state index in [0.717, 1.165) is 5.02 Å². The number of alkyl halides is 1. The third-order valence-corrected chi connectivity index (χ3v) is 4.57. The average Bonchev–Trinajstić information content (AvgIpc) is 2.15. The Hall–Kier alpha value is -0.0100. The highest BCUT2D eigenvalue weighted by Crippen LogP contribution is 2.30. The Bertz CT molecular complexity index is 296. The molecule has 2 heteroatoms. The molecule has 1 aromatic rings. The molecule has 0 aliphatic heterocycles. The fourth-order valence-corrected chi connectivity index (χ4v) is 2.05. The zero-order chi connectivity index (χ0) is 10.7. The molecule has 1 rings (SSSR count). The first-order valence-corrected chi connectivity index (χ1v) is 6.21. The number of hydrogen-bond donors (Lipinski definition) is 0. The van der Waals surface area contributed by atoms with Gasteiger partial charge in [-0.3, -0.25) is 0 Å². The van der Waals surface area contributed by atoms with E-state index in [1.54, 1.807) is 0 Å². The van der Waals surface area contributed by atoms with E-state index in [0.29, 0.717) is 16.7 Å². The Morgan fingerprint density at radius 3 is 2.36 bits per heavy atom. The molecule has 78 valence electrons. The van der Waals surface area contributed by atoms with Gasteiger partial charge in [0.1, 0.15) is 0 Å². The minimum Gasteiger partial charge on any atom is -0.0881 e. The van der Waals surface area contributed by atoms with Crippen molar-refractivity contribution in [2.24, 2.45) is 5.92 Å². The van der Waals surface area contributed by atoms with Crippen LogP contribution in [-0.4, -0.2) is 4.83 Å². The molecule has 0 nitrogen and oxygen atoms in total. The van der Waals surface area contributed by atoms with Crippen molar-refractivity contribution in [1.29, 1.82) is 0 Å². The number of rotatable bonds is 3. The zero-order valence-electron chi connectivity index (χ0n) is 8.80. The third kappa shape index (κ3) is 2.99. The Morgan fingerprint density at radius 1 is 1.21 bits per heavy atom. The molecule has 0 N–H and O–H groups in total. The van der Waals surface area contributed by atoms with E-state index in [9.17, 15) is 0 Å². The van der Waals surface area contributed by atoms with Gasteiger partial charge < -0.3 is 0 Å². The lowest BCUT2D eigenvalue weighted by molar-refractivity contribution is 0.550. The van der Waals surface area contributed by atoms with Crippen molar-refractivity contribution in [3.8, 4) is 0 Å². The second kappa shape index (κ2) is 5.18. The molecule has 0 aliphatic carbocycles. The van der Waals surface area contributed by atoms with Crippen LogP contribution in [0.2, 0.25) is 5.02 Å². The fraction of sp³-hybridized carbons (Fsp3) is 0.500. The molecule has 0 aliphatic rings. The van der Waals surface area contributed by atoms with Crippen molar-refractivity contribution in [2.75, 3.05) is 0 Å². The summed E-state index contributed by atoms with van der Waals surface area (Å²) in [5, 5.41) is 0.817. The smallest absolute Gasteiger partial charge is 0.0408 e. The molecular formula is C12H16BrCl. The molecule has 2 atom stereocenters. The van der Waals surface area contributed by atoms with Gasteiger partial charge in [-0.1, -0.05) is 60.4 Å². The normalized spacial score (nSPS) is 15.6. The highest BCUT2D eigenvalue weighted by molar-refractivity contribution is 9.09. The van der Waals surface area contributed by atoms with Crippen molar-refractivity contribution in [1.82, 2.24) is 0 Å². The molecule has 0 radical (unpaired) electrons. The second-order valence-electron chi connectivity index (χ2n) is 4.03. The van der Waals surface area contributed by atoms with Crippen LogP contribution in [0.5, 0.6) is 0 Å². The molecule has 0 spiro atoms. The average molecular weight is 276 g/mol. The van der Waals surface area contributed by atoms with Crippen LogP contribution in [0.3, 0.4) is 0 Å². The van der Waals surface area contributed by atoms with Crippen LogP contribution >= 0.6 is 27.5 Å². The summed E-state index contributed by atoms with van der Waals surface area (Å²) >= 11 is 9.68. The first-order chi connectivity index (χ1) is 6.52. The Balaban J connectivity index is 2.83. The fourth-order valence-electron chi connectivity index (χ4n) is 1.55. The zero-order valence-corrected chi connectivity index (χ0v) is 11.1. The lowest BCUT2D eigenvalue weighted by Gasteiger charge is -2.22. The van der Waals surface area contributed by atoms with E-state index >= 15 is 0 Å². The van der Waals surface area contributed by atoms with Crippen LogP contribution in [-0.2, 0) is 0 Å². The van der Waals surface area contributed by atoms with Gasteiger partial charge in [0.25, 0.3) is 0 Å². The van der Waals surface area contributed by atoms with E-state index in [4.69, 9.17) is 11.6 Å². The van der Waals surface area contributed by atoms with Crippen molar-refractivity contribution in [2.45, 2.75) is 31.5 Å². The summed E-state index contributed by atoms with van der Waals surface area (Å²) in [6.45, 7) is 6.67. The van der Waals surface area contributed by atoms with Gasteiger partial charge in [-0.25, -0.2) is 0 Å². The Kier molecular flexibility index (Phi) is 4.46.